The molecule has 5 heteroatoms. The summed E-state index contributed by atoms with van der Waals surface area (Å²) in [6, 6.07) is 6.35. The average Bonchev–Trinajstić information content (AvgIpc) is 2.94. The summed E-state index contributed by atoms with van der Waals surface area (Å²) in [7, 11) is 1.82. The molecule has 2 aromatic rings. The maximum atomic E-state index is 11.9. The van der Waals surface area contributed by atoms with Gasteiger partial charge >= 0.3 is 0 Å². The first-order valence-corrected chi connectivity index (χ1v) is 7.99. The van der Waals surface area contributed by atoms with Gasteiger partial charge in [0.2, 0.25) is 5.91 Å². The molecule has 2 rings (SSSR count). The molecule has 0 aliphatic rings. The van der Waals surface area contributed by atoms with Crippen LogP contribution in [0.4, 0.5) is 0 Å². The molecule has 1 aromatic heterocycles. The van der Waals surface area contributed by atoms with Gasteiger partial charge in [-0.05, 0) is 38.0 Å². The lowest BCUT2D eigenvalue weighted by Gasteiger charge is -2.15. The molecule has 0 radical (unpaired) electrons. The summed E-state index contributed by atoms with van der Waals surface area (Å²) in [6.45, 7) is 6.86. The highest BCUT2D eigenvalue weighted by atomic mass is 32.2. The average molecular weight is 303 g/mol. The van der Waals surface area contributed by atoms with Crippen molar-refractivity contribution in [3.05, 3.63) is 41.7 Å². The van der Waals surface area contributed by atoms with Gasteiger partial charge < -0.3 is 4.90 Å². The van der Waals surface area contributed by atoms with Crippen LogP contribution in [0.3, 0.4) is 0 Å². The summed E-state index contributed by atoms with van der Waals surface area (Å²) >= 11 is 1.48. The number of carbonyl (C=O) groups is 1. The zero-order chi connectivity index (χ0) is 15.4. The van der Waals surface area contributed by atoms with Crippen LogP contribution in [0.5, 0.6) is 0 Å². The molecule has 0 fully saturated rings. The van der Waals surface area contributed by atoms with E-state index in [0.717, 1.165) is 17.4 Å². The Balaban J connectivity index is 2.19. The van der Waals surface area contributed by atoms with E-state index in [-0.39, 0.29) is 5.91 Å². The Kier molecular flexibility index (Phi) is 5.07. The van der Waals surface area contributed by atoms with Crippen molar-refractivity contribution in [3.63, 3.8) is 0 Å². The normalized spacial score (nSPS) is 10.7. The molecule has 1 aromatic carbocycles. The van der Waals surface area contributed by atoms with E-state index < -0.39 is 0 Å². The number of hydrogen-bond donors (Lipinski definition) is 0. The van der Waals surface area contributed by atoms with Gasteiger partial charge in [0.15, 0.2) is 5.16 Å². The van der Waals surface area contributed by atoms with E-state index in [4.69, 9.17) is 0 Å². The van der Waals surface area contributed by atoms with Gasteiger partial charge in [0, 0.05) is 26.0 Å². The molecule has 0 saturated carbocycles. The number of benzene rings is 1. The second-order valence-corrected chi connectivity index (χ2v) is 6.01. The van der Waals surface area contributed by atoms with E-state index in [1.54, 1.807) is 11.1 Å². The lowest BCUT2D eigenvalue weighted by molar-refractivity contribution is -0.126. The molecule has 0 saturated heterocycles. The third-order valence-corrected chi connectivity index (χ3v) is 4.41. The van der Waals surface area contributed by atoms with Crippen molar-refractivity contribution < 1.29 is 4.79 Å². The molecular weight excluding hydrogens is 282 g/mol. The van der Waals surface area contributed by atoms with Crippen LogP contribution in [0.1, 0.15) is 18.1 Å². The molecule has 0 unspecified atom stereocenters. The molecular formula is C16H21N3OS. The predicted molar refractivity (Wildman–Crippen MR) is 87.1 cm³/mol. The number of carbonyl (C=O) groups excluding carboxylic acids is 1. The number of aryl methyl sites for hydroxylation is 2. The molecule has 1 heterocycles. The van der Waals surface area contributed by atoms with Crippen molar-refractivity contribution in [2.75, 3.05) is 19.3 Å². The Labute approximate surface area is 130 Å². The summed E-state index contributed by atoms with van der Waals surface area (Å²) in [4.78, 5) is 18.0. The van der Waals surface area contributed by atoms with E-state index >= 15 is 0 Å². The fourth-order valence-corrected chi connectivity index (χ4v) is 2.88. The Bertz CT molecular complexity index is 636. The van der Waals surface area contributed by atoms with E-state index in [0.29, 0.717) is 5.75 Å². The second-order valence-electron chi connectivity index (χ2n) is 5.07. The van der Waals surface area contributed by atoms with Crippen LogP contribution >= 0.6 is 11.8 Å². The number of rotatable bonds is 5. The van der Waals surface area contributed by atoms with Crippen molar-refractivity contribution in [1.82, 2.24) is 14.5 Å². The Morgan fingerprint density at radius 3 is 2.86 bits per heavy atom. The van der Waals surface area contributed by atoms with Crippen molar-refractivity contribution in [2.24, 2.45) is 0 Å². The van der Waals surface area contributed by atoms with Gasteiger partial charge in [-0.15, -0.1) is 0 Å². The van der Waals surface area contributed by atoms with Crippen LogP contribution in [0.15, 0.2) is 35.7 Å². The monoisotopic (exact) mass is 303 g/mol. The summed E-state index contributed by atoms with van der Waals surface area (Å²) in [5, 5.41) is 0.849. The Morgan fingerprint density at radius 1 is 1.38 bits per heavy atom. The number of amides is 1. The van der Waals surface area contributed by atoms with Crippen LogP contribution in [0, 0.1) is 13.8 Å². The first kappa shape index (κ1) is 15.6. The number of nitrogens with zero attached hydrogens (tertiary/aromatic N) is 3. The van der Waals surface area contributed by atoms with E-state index in [2.05, 4.69) is 37.0 Å². The van der Waals surface area contributed by atoms with Crippen molar-refractivity contribution in [3.8, 4) is 5.69 Å². The topological polar surface area (TPSA) is 38.1 Å². The fraction of sp³-hybridized carbons (Fsp3) is 0.375. The lowest BCUT2D eigenvalue weighted by atomic mass is 10.1. The van der Waals surface area contributed by atoms with Gasteiger partial charge in [0.25, 0.3) is 0 Å². The zero-order valence-electron chi connectivity index (χ0n) is 13.0. The first-order valence-electron chi connectivity index (χ1n) is 7.00. The third kappa shape index (κ3) is 3.67. The molecule has 0 aliphatic heterocycles. The molecule has 0 aliphatic carbocycles. The third-order valence-electron chi connectivity index (χ3n) is 3.46. The Hall–Kier alpha value is -1.75. The molecule has 21 heavy (non-hydrogen) atoms. The van der Waals surface area contributed by atoms with Crippen molar-refractivity contribution >= 4 is 17.7 Å². The van der Waals surface area contributed by atoms with Gasteiger partial charge in [0.1, 0.15) is 0 Å². The smallest absolute Gasteiger partial charge is 0.232 e. The molecule has 112 valence electrons. The summed E-state index contributed by atoms with van der Waals surface area (Å²) in [5.74, 6) is 0.532. The Morgan fingerprint density at radius 2 is 2.14 bits per heavy atom. The fourth-order valence-electron chi connectivity index (χ4n) is 1.97. The summed E-state index contributed by atoms with van der Waals surface area (Å²) in [6.07, 6.45) is 3.72. The second kappa shape index (κ2) is 6.80. The number of thioether (sulfide) groups is 1. The minimum Gasteiger partial charge on any atom is -0.345 e. The zero-order valence-corrected chi connectivity index (χ0v) is 13.8. The molecule has 0 bridgehead atoms. The van der Waals surface area contributed by atoms with Gasteiger partial charge in [-0.25, -0.2) is 4.98 Å². The standard InChI is InChI=1S/C16H21N3OS/c1-5-18(4)15(20)11-21-16-17-8-9-19(16)14-10-12(2)6-7-13(14)3/h6-10H,5,11H2,1-4H3. The highest BCUT2D eigenvalue weighted by molar-refractivity contribution is 7.99. The molecule has 0 atom stereocenters. The van der Waals surface area contributed by atoms with E-state index in [9.17, 15) is 4.79 Å². The minimum absolute atomic E-state index is 0.123. The predicted octanol–water partition coefficient (Wildman–Crippen LogP) is 3.06. The van der Waals surface area contributed by atoms with Crippen molar-refractivity contribution in [1.29, 1.82) is 0 Å². The lowest BCUT2D eigenvalue weighted by Crippen LogP contribution is -2.27. The maximum Gasteiger partial charge on any atom is 0.232 e. The number of aromatic nitrogens is 2. The van der Waals surface area contributed by atoms with Crippen LogP contribution in [-0.2, 0) is 4.79 Å². The van der Waals surface area contributed by atoms with Gasteiger partial charge in [-0.1, -0.05) is 23.9 Å². The van der Waals surface area contributed by atoms with Crippen molar-refractivity contribution in [2.45, 2.75) is 25.9 Å². The molecule has 0 spiro atoms. The summed E-state index contributed by atoms with van der Waals surface area (Å²) < 4.78 is 2.05. The molecule has 4 nitrogen and oxygen atoms in total. The SMILES string of the molecule is CCN(C)C(=O)CSc1nccn1-c1cc(C)ccc1C. The quantitative estimate of drug-likeness (QED) is 0.797. The number of imidazole rings is 1. The van der Waals surface area contributed by atoms with Gasteiger partial charge in [0.05, 0.1) is 11.4 Å². The first-order chi connectivity index (χ1) is 10.0. The highest BCUT2D eigenvalue weighted by Crippen LogP contribution is 2.23. The van der Waals surface area contributed by atoms with E-state index in [1.807, 2.05) is 24.7 Å². The molecule has 0 N–H and O–H groups in total. The van der Waals surface area contributed by atoms with Crippen LogP contribution in [-0.4, -0.2) is 39.7 Å². The van der Waals surface area contributed by atoms with Gasteiger partial charge in [-0.3, -0.25) is 9.36 Å². The van der Waals surface area contributed by atoms with E-state index in [1.165, 1.54) is 22.9 Å². The van der Waals surface area contributed by atoms with Crippen LogP contribution < -0.4 is 0 Å². The largest absolute Gasteiger partial charge is 0.345 e. The molecule has 1 amide bonds. The van der Waals surface area contributed by atoms with Crippen LogP contribution in [0.2, 0.25) is 0 Å². The minimum atomic E-state index is 0.123. The highest BCUT2D eigenvalue weighted by Gasteiger charge is 2.12. The van der Waals surface area contributed by atoms with Crippen LogP contribution in [0.25, 0.3) is 5.69 Å². The number of hydrogen-bond acceptors (Lipinski definition) is 3. The summed E-state index contributed by atoms with van der Waals surface area (Å²) in [5.41, 5.74) is 3.52. The maximum absolute atomic E-state index is 11.9. The van der Waals surface area contributed by atoms with Gasteiger partial charge in [-0.2, -0.15) is 0 Å².